The zero-order valence-electron chi connectivity index (χ0n) is 15.5. The van der Waals surface area contributed by atoms with E-state index in [1.807, 2.05) is 31.4 Å². The van der Waals surface area contributed by atoms with Gasteiger partial charge in [-0.2, -0.15) is 4.31 Å². The molecule has 5 nitrogen and oxygen atoms in total. The minimum atomic E-state index is -4.09. The smallest absolute Gasteiger partial charge is 0.254 e. The van der Waals surface area contributed by atoms with E-state index < -0.39 is 26.6 Å². The van der Waals surface area contributed by atoms with Crippen LogP contribution < -0.4 is 0 Å². The molecule has 1 heterocycles. The van der Waals surface area contributed by atoms with Crippen LogP contribution in [0.4, 0.5) is 8.78 Å². The first-order valence-electron chi connectivity index (χ1n) is 8.63. The highest BCUT2D eigenvalue weighted by molar-refractivity contribution is 7.98. The Morgan fingerprint density at radius 2 is 1.71 bits per heavy atom. The van der Waals surface area contributed by atoms with E-state index in [9.17, 15) is 22.0 Å². The van der Waals surface area contributed by atoms with Gasteiger partial charge in [0.1, 0.15) is 16.5 Å². The van der Waals surface area contributed by atoms with Gasteiger partial charge in [0.05, 0.1) is 0 Å². The summed E-state index contributed by atoms with van der Waals surface area (Å²) in [4.78, 5) is 14.9. The standard InChI is InChI=1S/C19H20F2N2O3S2/c1-13-3-5-15(27-2)12-16(13)19(24)22-7-9-23(10-8-22)28(25,26)18-6-4-14(20)11-17(18)21/h3-6,11-12H,7-10H2,1-2H3. The monoisotopic (exact) mass is 426 g/mol. The van der Waals surface area contributed by atoms with Crippen molar-refractivity contribution in [2.24, 2.45) is 0 Å². The summed E-state index contributed by atoms with van der Waals surface area (Å²) in [6, 6.07) is 8.05. The number of amides is 1. The molecular weight excluding hydrogens is 406 g/mol. The Kier molecular flexibility index (Phi) is 6.07. The van der Waals surface area contributed by atoms with Crippen molar-refractivity contribution in [3.63, 3.8) is 0 Å². The molecule has 0 aliphatic carbocycles. The molecular formula is C19H20F2N2O3S2. The Balaban J connectivity index is 1.74. The number of hydrogen-bond acceptors (Lipinski definition) is 4. The van der Waals surface area contributed by atoms with Crippen molar-refractivity contribution in [3.05, 3.63) is 59.2 Å². The Labute approximate surface area is 167 Å². The van der Waals surface area contributed by atoms with Crippen molar-refractivity contribution >= 4 is 27.7 Å². The van der Waals surface area contributed by atoms with Crippen LogP contribution in [0.2, 0.25) is 0 Å². The van der Waals surface area contributed by atoms with Gasteiger partial charge < -0.3 is 4.90 Å². The largest absolute Gasteiger partial charge is 0.336 e. The van der Waals surface area contributed by atoms with Crippen molar-refractivity contribution in [1.82, 2.24) is 9.21 Å². The van der Waals surface area contributed by atoms with E-state index in [0.29, 0.717) is 11.6 Å². The second-order valence-corrected chi connectivity index (χ2v) is 9.24. The van der Waals surface area contributed by atoms with Gasteiger partial charge in [-0.1, -0.05) is 6.07 Å². The number of halogens is 2. The van der Waals surface area contributed by atoms with E-state index in [0.717, 1.165) is 26.9 Å². The molecule has 0 saturated carbocycles. The number of nitrogens with zero attached hydrogens (tertiary/aromatic N) is 2. The predicted octanol–water partition coefficient (Wildman–Crippen LogP) is 3.14. The highest BCUT2D eigenvalue weighted by atomic mass is 32.2. The summed E-state index contributed by atoms with van der Waals surface area (Å²) < 4.78 is 53.4. The van der Waals surface area contributed by atoms with E-state index in [4.69, 9.17) is 0 Å². The maximum absolute atomic E-state index is 13.9. The van der Waals surface area contributed by atoms with Crippen LogP contribution in [-0.4, -0.2) is 56.0 Å². The summed E-state index contributed by atoms with van der Waals surface area (Å²) in [5, 5.41) is 0. The fourth-order valence-corrected chi connectivity index (χ4v) is 4.99. The summed E-state index contributed by atoms with van der Waals surface area (Å²) >= 11 is 1.54. The first-order chi connectivity index (χ1) is 13.2. The van der Waals surface area contributed by atoms with Gasteiger partial charge in [0.25, 0.3) is 5.91 Å². The number of carbonyl (C=O) groups is 1. The minimum absolute atomic E-state index is 0.0478. The molecule has 1 aliphatic heterocycles. The van der Waals surface area contributed by atoms with Crippen molar-refractivity contribution < 1.29 is 22.0 Å². The van der Waals surface area contributed by atoms with E-state index in [2.05, 4.69) is 0 Å². The Bertz CT molecular complexity index is 1000. The maximum atomic E-state index is 13.9. The SMILES string of the molecule is CSc1ccc(C)c(C(=O)N2CCN(S(=O)(=O)c3ccc(F)cc3F)CC2)c1. The molecule has 2 aromatic rings. The van der Waals surface area contributed by atoms with Gasteiger partial charge in [0.15, 0.2) is 0 Å². The highest BCUT2D eigenvalue weighted by Crippen LogP contribution is 2.24. The average Bonchev–Trinajstić information content (AvgIpc) is 2.67. The number of carbonyl (C=O) groups excluding carboxylic acids is 1. The van der Waals surface area contributed by atoms with E-state index in [1.165, 1.54) is 11.8 Å². The van der Waals surface area contributed by atoms with Gasteiger partial charge in [0.2, 0.25) is 10.0 Å². The molecule has 0 radical (unpaired) electrons. The van der Waals surface area contributed by atoms with Crippen LogP contribution in [0.3, 0.4) is 0 Å². The lowest BCUT2D eigenvalue weighted by atomic mass is 10.1. The van der Waals surface area contributed by atoms with Crippen LogP contribution in [0.5, 0.6) is 0 Å². The van der Waals surface area contributed by atoms with Gasteiger partial charge in [0, 0.05) is 42.7 Å². The third-order valence-electron chi connectivity index (χ3n) is 4.71. The van der Waals surface area contributed by atoms with Gasteiger partial charge in [-0.05, 0) is 43.0 Å². The molecule has 1 amide bonds. The van der Waals surface area contributed by atoms with Crippen LogP contribution in [0.1, 0.15) is 15.9 Å². The fraction of sp³-hybridized carbons (Fsp3) is 0.316. The molecule has 0 unspecified atom stereocenters. The van der Waals surface area contributed by atoms with Crippen LogP contribution in [-0.2, 0) is 10.0 Å². The molecule has 150 valence electrons. The number of hydrogen-bond donors (Lipinski definition) is 0. The molecule has 9 heteroatoms. The van der Waals surface area contributed by atoms with Crippen molar-refractivity contribution in [3.8, 4) is 0 Å². The van der Waals surface area contributed by atoms with Gasteiger partial charge in [-0.25, -0.2) is 17.2 Å². The summed E-state index contributed by atoms with van der Waals surface area (Å²) in [5.41, 5.74) is 1.44. The Morgan fingerprint density at radius 1 is 1.04 bits per heavy atom. The number of aryl methyl sites for hydroxylation is 1. The lowest BCUT2D eigenvalue weighted by Gasteiger charge is -2.34. The normalized spacial score (nSPS) is 15.6. The molecule has 0 atom stereocenters. The van der Waals surface area contributed by atoms with Crippen LogP contribution >= 0.6 is 11.8 Å². The van der Waals surface area contributed by atoms with Crippen LogP contribution in [0, 0.1) is 18.6 Å². The zero-order chi connectivity index (χ0) is 20.5. The summed E-state index contributed by atoms with van der Waals surface area (Å²) in [6.07, 6.45) is 1.93. The Morgan fingerprint density at radius 3 is 2.32 bits per heavy atom. The van der Waals surface area contributed by atoms with Crippen molar-refractivity contribution in [2.75, 3.05) is 32.4 Å². The molecule has 0 aromatic heterocycles. The third kappa shape index (κ3) is 4.06. The number of rotatable bonds is 4. The number of benzene rings is 2. The molecule has 3 rings (SSSR count). The zero-order valence-corrected chi connectivity index (χ0v) is 17.1. The maximum Gasteiger partial charge on any atom is 0.254 e. The van der Waals surface area contributed by atoms with E-state index in [1.54, 1.807) is 4.90 Å². The Hall–Kier alpha value is -1.97. The summed E-state index contributed by atoms with van der Waals surface area (Å²) in [5.74, 6) is -2.11. The second-order valence-electron chi connectivity index (χ2n) is 6.45. The van der Waals surface area contributed by atoms with Crippen molar-refractivity contribution in [2.45, 2.75) is 16.7 Å². The van der Waals surface area contributed by atoms with Crippen LogP contribution in [0.25, 0.3) is 0 Å². The first kappa shape index (κ1) is 20.8. The predicted molar refractivity (Wildman–Crippen MR) is 104 cm³/mol. The van der Waals surface area contributed by atoms with Gasteiger partial charge in [-0.15, -0.1) is 11.8 Å². The summed E-state index contributed by atoms with van der Waals surface area (Å²) in [7, 11) is -4.09. The molecule has 1 saturated heterocycles. The number of thioether (sulfide) groups is 1. The van der Waals surface area contributed by atoms with Crippen LogP contribution in [0.15, 0.2) is 46.2 Å². The summed E-state index contributed by atoms with van der Waals surface area (Å²) in [6.45, 7) is 2.35. The molecule has 2 aromatic carbocycles. The second kappa shape index (κ2) is 8.18. The lowest BCUT2D eigenvalue weighted by Crippen LogP contribution is -2.50. The molecule has 0 spiro atoms. The van der Waals surface area contributed by atoms with E-state index >= 15 is 0 Å². The lowest BCUT2D eigenvalue weighted by molar-refractivity contribution is 0.0696. The average molecular weight is 427 g/mol. The van der Waals surface area contributed by atoms with Gasteiger partial charge >= 0.3 is 0 Å². The fourth-order valence-electron chi connectivity index (χ4n) is 3.08. The minimum Gasteiger partial charge on any atom is -0.336 e. The highest BCUT2D eigenvalue weighted by Gasteiger charge is 2.32. The topological polar surface area (TPSA) is 57.7 Å². The molecule has 0 N–H and O–H groups in total. The number of sulfonamides is 1. The third-order valence-corrected chi connectivity index (χ3v) is 7.37. The molecule has 1 fully saturated rings. The van der Waals surface area contributed by atoms with Gasteiger partial charge in [-0.3, -0.25) is 4.79 Å². The quantitative estimate of drug-likeness (QED) is 0.705. The first-order valence-corrected chi connectivity index (χ1v) is 11.3. The van der Waals surface area contributed by atoms with Crippen molar-refractivity contribution in [1.29, 1.82) is 0 Å². The number of piperazine rings is 1. The van der Waals surface area contributed by atoms with E-state index in [-0.39, 0.29) is 32.1 Å². The molecule has 1 aliphatic rings. The molecule has 28 heavy (non-hydrogen) atoms. The molecule has 0 bridgehead atoms.